The monoisotopic (exact) mass is 475 g/mol. The van der Waals surface area contributed by atoms with Crippen molar-refractivity contribution in [1.29, 1.82) is 0 Å². The maximum absolute atomic E-state index is 12.7. The molecule has 1 aliphatic carbocycles. The number of fused-ring (bicyclic) bond motifs is 2. The largest absolute Gasteiger partial charge is 0.493 e. The van der Waals surface area contributed by atoms with E-state index < -0.39 is 0 Å². The third-order valence-corrected chi connectivity index (χ3v) is 6.85. The molecule has 3 aromatic rings. The quantitative estimate of drug-likeness (QED) is 0.490. The summed E-state index contributed by atoms with van der Waals surface area (Å²) in [6.07, 6.45) is 0.984. The highest BCUT2D eigenvalue weighted by Crippen LogP contribution is 2.56. The van der Waals surface area contributed by atoms with Crippen LogP contribution in [0.4, 0.5) is 4.79 Å². The van der Waals surface area contributed by atoms with Crippen LogP contribution in [-0.4, -0.2) is 46.0 Å². The molecule has 1 heterocycles. The number of amides is 1. The second kappa shape index (κ2) is 9.41. The summed E-state index contributed by atoms with van der Waals surface area (Å²) in [6, 6.07) is 15.8. The summed E-state index contributed by atoms with van der Waals surface area (Å²) in [5.74, 6) is 2.55. The minimum absolute atomic E-state index is 0.177. The summed E-state index contributed by atoms with van der Waals surface area (Å²) in [5, 5.41) is 0. The van der Waals surface area contributed by atoms with Gasteiger partial charge in [0.05, 0.1) is 34.5 Å². The standard InChI is InChI=1S/C28H29NO6/c1-31-21-11-10-18-14-20-23-19(12-13-29(20)28(30)34-4)15-22(32-2)26(33-3)25(23)24(18)27(21)35-16-17-8-6-5-7-9-17/h5-11,15,20H,12-14,16H2,1-4H3/t20-/m1/s1. The van der Waals surface area contributed by atoms with Gasteiger partial charge in [0, 0.05) is 17.7 Å². The first-order valence-electron chi connectivity index (χ1n) is 11.6. The van der Waals surface area contributed by atoms with E-state index >= 15 is 0 Å². The van der Waals surface area contributed by atoms with Crippen molar-refractivity contribution in [3.63, 3.8) is 0 Å². The van der Waals surface area contributed by atoms with E-state index in [2.05, 4.69) is 0 Å². The number of hydrogen-bond acceptors (Lipinski definition) is 6. The molecule has 182 valence electrons. The van der Waals surface area contributed by atoms with E-state index in [1.807, 2.05) is 48.5 Å². The minimum Gasteiger partial charge on any atom is -0.493 e. The molecule has 0 unspecified atom stereocenters. The Kier molecular flexibility index (Phi) is 6.16. The Hall–Kier alpha value is -3.87. The highest BCUT2D eigenvalue weighted by molar-refractivity contribution is 5.89. The average Bonchev–Trinajstić information content (AvgIpc) is 2.91. The van der Waals surface area contributed by atoms with Gasteiger partial charge < -0.3 is 28.6 Å². The van der Waals surface area contributed by atoms with Crippen molar-refractivity contribution in [2.45, 2.75) is 25.5 Å². The smallest absolute Gasteiger partial charge is 0.410 e. The van der Waals surface area contributed by atoms with E-state index in [4.69, 9.17) is 23.7 Å². The summed E-state index contributed by atoms with van der Waals surface area (Å²) in [5.41, 5.74) is 6.06. The molecule has 0 radical (unpaired) electrons. The Labute approximate surface area is 205 Å². The highest BCUT2D eigenvalue weighted by Gasteiger charge is 2.41. The van der Waals surface area contributed by atoms with Crippen LogP contribution in [0.25, 0.3) is 11.1 Å². The second-order valence-corrected chi connectivity index (χ2v) is 8.60. The normalized spacial score (nSPS) is 15.5. The molecule has 1 atom stereocenters. The number of rotatable bonds is 6. The molecule has 0 aromatic heterocycles. The number of methoxy groups -OCH3 is 4. The van der Waals surface area contributed by atoms with E-state index in [1.165, 1.54) is 7.11 Å². The molecule has 1 amide bonds. The maximum atomic E-state index is 12.7. The van der Waals surface area contributed by atoms with Crippen molar-refractivity contribution >= 4 is 6.09 Å². The van der Waals surface area contributed by atoms with Gasteiger partial charge in [-0.3, -0.25) is 0 Å². The van der Waals surface area contributed by atoms with Crippen LogP contribution in [0, 0.1) is 0 Å². The Morgan fingerprint density at radius 3 is 2.34 bits per heavy atom. The van der Waals surface area contributed by atoms with Gasteiger partial charge in [0.1, 0.15) is 6.61 Å². The molecule has 0 fully saturated rings. The Bertz CT molecular complexity index is 1260. The van der Waals surface area contributed by atoms with E-state index in [1.54, 1.807) is 26.2 Å². The maximum Gasteiger partial charge on any atom is 0.410 e. The lowest BCUT2D eigenvalue weighted by molar-refractivity contribution is 0.100. The van der Waals surface area contributed by atoms with Crippen molar-refractivity contribution in [2.24, 2.45) is 0 Å². The van der Waals surface area contributed by atoms with Crippen molar-refractivity contribution in [2.75, 3.05) is 35.0 Å². The first kappa shape index (κ1) is 22.9. The molecule has 0 saturated heterocycles. The highest BCUT2D eigenvalue weighted by atomic mass is 16.5. The molecular formula is C28H29NO6. The van der Waals surface area contributed by atoms with E-state index in [9.17, 15) is 4.79 Å². The minimum atomic E-state index is -0.334. The lowest BCUT2D eigenvalue weighted by Crippen LogP contribution is -2.42. The van der Waals surface area contributed by atoms with Crippen LogP contribution < -0.4 is 18.9 Å². The molecule has 2 aliphatic rings. The van der Waals surface area contributed by atoms with Crippen LogP contribution in [-0.2, 0) is 24.2 Å². The van der Waals surface area contributed by atoms with Gasteiger partial charge in [-0.25, -0.2) is 4.79 Å². The number of carbonyl (C=O) groups is 1. The average molecular weight is 476 g/mol. The molecule has 0 bridgehead atoms. The number of nitrogens with zero attached hydrogens (tertiary/aromatic N) is 1. The van der Waals surface area contributed by atoms with E-state index in [-0.39, 0.29) is 12.1 Å². The Morgan fingerprint density at radius 1 is 0.886 bits per heavy atom. The summed E-state index contributed by atoms with van der Waals surface area (Å²) in [7, 11) is 6.33. The Balaban J connectivity index is 1.74. The number of carbonyl (C=O) groups excluding carboxylic acids is 1. The molecule has 35 heavy (non-hydrogen) atoms. The number of hydrogen-bond donors (Lipinski definition) is 0. The molecule has 0 N–H and O–H groups in total. The second-order valence-electron chi connectivity index (χ2n) is 8.60. The van der Waals surface area contributed by atoms with Gasteiger partial charge in [-0.05, 0) is 47.2 Å². The summed E-state index contributed by atoms with van der Waals surface area (Å²) in [4.78, 5) is 14.5. The summed E-state index contributed by atoms with van der Waals surface area (Å²) >= 11 is 0. The van der Waals surface area contributed by atoms with Crippen molar-refractivity contribution in [3.8, 4) is 34.1 Å². The van der Waals surface area contributed by atoms with Gasteiger partial charge >= 0.3 is 6.09 Å². The van der Waals surface area contributed by atoms with E-state index in [0.29, 0.717) is 49.0 Å². The fourth-order valence-electron chi connectivity index (χ4n) is 5.29. The van der Waals surface area contributed by atoms with Gasteiger partial charge in [0.25, 0.3) is 0 Å². The SMILES string of the molecule is COC(=O)N1CCc2cc(OC)c(OC)c3c2[C@H]1Cc1ccc(OC)c(OCc2ccccc2)c1-3. The van der Waals surface area contributed by atoms with Gasteiger partial charge in [-0.15, -0.1) is 0 Å². The van der Waals surface area contributed by atoms with Crippen LogP contribution in [0.1, 0.15) is 28.3 Å². The van der Waals surface area contributed by atoms with Crippen LogP contribution in [0.3, 0.4) is 0 Å². The van der Waals surface area contributed by atoms with E-state index in [0.717, 1.165) is 33.4 Å². The van der Waals surface area contributed by atoms with Crippen LogP contribution in [0.15, 0.2) is 48.5 Å². The summed E-state index contributed by atoms with van der Waals surface area (Å²) in [6.45, 7) is 0.960. The third-order valence-electron chi connectivity index (χ3n) is 6.85. The molecule has 0 saturated carbocycles. The molecule has 5 rings (SSSR count). The Morgan fingerprint density at radius 2 is 1.66 bits per heavy atom. The van der Waals surface area contributed by atoms with Crippen molar-refractivity contribution < 1.29 is 28.5 Å². The fourth-order valence-corrected chi connectivity index (χ4v) is 5.29. The number of benzene rings is 3. The molecule has 1 aliphatic heterocycles. The van der Waals surface area contributed by atoms with Gasteiger partial charge in [-0.2, -0.15) is 0 Å². The molecular weight excluding hydrogens is 446 g/mol. The van der Waals surface area contributed by atoms with Crippen LogP contribution >= 0.6 is 0 Å². The zero-order chi connectivity index (χ0) is 24.5. The van der Waals surface area contributed by atoms with Gasteiger partial charge in [0.2, 0.25) is 0 Å². The van der Waals surface area contributed by atoms with Gasteiger partial charge in [0.15, 0.2) is 23.0 Å². The first-order chi connectivity index (χ1) is 17.1. The van der Waals surface area contributed by atoms with Crippen LogP contribution in [0.5, 0.6) is 23.0 Å². The lowest BCUT2D eigenvalue weighted by Gasteiger charge is -2.41. The zero-order valence-corrected chi connectivity index (χ0v) is 20.4. The lowest BCUT2D eigenvalue weighted by atomic mass is 9.76. The number of ether oxygens (including phenoxy) is 5. The zero-order valence-electron chi connectivity index (χ0n) is 20.4. The molecule has 3 aromatic carbocycles. The molecule has 0 spiro atoms. The molecule has 7 heteroatoms. The predicted molar refractivity (Wildman–Crippen MR) is 132 cm³/mol. The topological polar surface area (TPSA) is 66.5 Å². The molecule has 7 nitrogen and oxygen atoms in total. The van der Waals surface area contributed by atoms with Crippen molar-refractivity contribution in [3.05, 3.63) is 70.8 Å². The third kappa shape index (κ3) is 3.81. The fraction of sp³-hybridized carbons (Fsp3) is 0.321. The van der Waals surface area contributed by atoms with Crippen molar-refractivity contribution in [1.82, 2.24) is 4.90 Å². The predicted octanol–water partition coefficient (Wildman–Crippen LogP) is 5.18. The van der Waals surface area contributed by atoms with Gasteiger partial charge in [-0.1, -0.05) is 36.4 Å². The summed E-state index contributed by atoms with van der Waals surface area (Å²) < 4.78 is 29.0. The van der Waals surface area contributed by atoms with Crippen LogP contribution in [0.2, 0.25) is 0 Å². The first-order valence-corrected chi connectivity index (χ1v) is 11.6.